The third-order valence-corrected chi connectivity index (χ3v) is 4.01. The molecule has 21 heavy (non-hydrogen) atoms. The summed E-state index contributed by atoms with van der Waals surface area (Å²) in [5.74, 6) is 2.01. The second-order valence-corrected chi connectivity index (χ2v) is 5.32. The van der Waals surface area contributed by atoms with E-state index in [0.717, 1.165) is 30.8 Å². The van der Waals surface area contributed by atoms with Crippen molar-refractivity contribution < 1.29 is 9.47 Å². The highest BCUT2D eigenvalue weighted by molar-refractivity contribution is 5.38. The van der Waals surface area contributed by atoms with Crippen LogP contribution in [0.25, 0.3) is 0 Å². The number of hydrogen-bond acceptors (Lipinski definition) is 4. The molecule has 0 radical (unpaired) electrons. The zero-order valence-electron chi connectivity index (χ0n) is 12.2. The van der Waals surface area contributed by atoms with E-state index in [0.29, 0.717) is 11.8 Å². The molecule has 1 aromatic carbocycles. The van der Waals surface area contributed by atoms with Crippen molar-refractivity contribution in [3.63, 3.8) is 0 Å². The van der Waals surface area contributed by atoms with Crippen LogP contribution in [0.5, 0.6) is 11.6 Å². The van der Waals surface area contributed by atoms with Gasteiger partial charge < -0.3 is 15.2 Å². The summed E-state index contributed by atoms with van der Waals surface area (Å²) in [5, 5.41) is 0. The molecule has 2 heterocycles. The minimum atomic E-state index is -0.0928. The van der Waals surface area contributed by atoms with Crippen LogP contribution >= 0.6 is 0 Å². The molecule has 0 spiro atoms. The number of nitrogens with two attached hydrogens (primary N) is 1. The number of rotatable bonds is 4. The maximum Gasteiger partial charge on any atom is 0.217 e. The lowest BCUT2D eigenvalue weighted by Crippen LogP contribution is -2.20. The van der Waals surface area contributed by atoms with Crippen LogP contribution in [-0.2, 0) is 0 Å². The molecule has 1 aliphatic heterocycles. The Hall–Kier alpha value is -2.07. The van der Waals surface area contributed by atoms with Crippen LogP contribution < -0.4 is 15.2 Å². The van der Waals surface area contributed by atoms with Gasteiger partial charge in [0, 0.05) is 17.8 Å². The lowest BCUT2D eigenvalue weighted by molar-refractivity contribution is 0.258. The van der Waals surface area contributed by atoms with Crippen LogP contribution in [0.2, 0.25) is 0 Å². The van der Waals surface area contributed by atoms with Gasteiger partial charge in [-0.15, -0.1) is 0 Å². The molecule has 0 amide bonds. The Labute approximate surface area is 124 Å². The van der Waals surface area contributed by atoms with E-state index < -0.39 is 0 Å². The molecule has 0 aliphatic carbocycles. The normalized spacial score (nSPS) is 18.5. The molecule has 2 N–H and O–H groups in total. The Balaban J connectivity index is 1.81. The maximum atomic E-state index is 6.40. The number of para-hydroxylation sites is 1. The summed E-state index contributed by atoms with van der Waals surface area (Å²) in [6.07, 6.45) is 3.58. The fraction of sp³-hybridized carbons (Fsp3) is 0.353. The van der Waals surface area contributed by atoms with Crippen molar-refractivity contribution in [3.05, 3.63) is 53.7 Å². The highest BCUT2D eigenvalue weighted by atomic mass is 16.5. The van der Waals surface area contributed by atoms with Crippen molar-refractivity contribution in [3.8, 4) is 11.6 Å². The van der Waals surface area contributed by atoms with E-state index in [2.05, 4.69) is 17.1 Å². The fourth-order valence-electron chi connectivity index (χ4n) is 2.95. The number of fused-ring (bicyclic) bond motifs is 1. The molecule has 0 saturated carbocycles. The molecule has 4 nitrogen and oxygen atoms in total. The van der Waals surface area contributed by atoms with E-state index in [9.17, 15) is 0 Å². The molecule has 1 aromatic heterocycles. The van der Waals surface area contributed by atoms with Crippen molar-refractivity contribution in [1.82, 2.24) is 4.98 Å². The van der Waals surface area contributed by atoms with Crippen molar-refractivity contribution in [1.29, 1.82) is 0 Å². The Morgan fingerprint density at radius 1 is 1.33 bits per heavy atom. The van der Waals surface area contributed by atoms with Gasteiger partial charge in [0.15, 0.2) is 0 Å². The van der Waals surface area contributed by atoms with E-state index in [4.69, 9.17) is 15.2 Å². The molecule has 2 atom stereocenters. The summed E-state index contributed by atoms with van der Waals surface area (Å²) in [7, 11) is 1.63. The lowest BCUT2D eigenvalue weighted by atomic mass is 9.86. The molecule has 2 unspecified atom stereocenters. The Morgan fingerprint density at radius 3 is 3.05 bits per heavy atom. The number of ether oxygens (including phenoxy) is 2. The van der Waals surface area contributed by atoms with Gasteiger partial charge in [-0.25, -0.2) is 4.98 Å². The third kappa shape index (κ3) is 2.85. The summed E-state index contributed by atoms with van der Waals surface area (Å²) < 4.78 is 11.0. The second kappa shape index (κ2) is 6.14. The molecule has 4 heteroatoms. The van der Waals surface area contributed by atoms with E-state index in [1.807, 2.05) is 24.3 Å². The van der Waals surface area contributed by atoms with Crippen molar-refractivity contribution in [2.45, 2.75) is 24.8 Å². The second-order valence-electron chi connectivity index (χ2n) is 5.32. The van der Waals surface area contributed by atoms with Gasteiger partial charge in [0.25, 0.3) is 0 Å². The average molecular weight is 284 g/mol. The van der Waals surface area contributed by atoms with Gasteiger partial charge >= 0.3 is 0 Å². The Morgan fingerprint density at radius 2 is 2.19 bits per heavy atom. The van der Waals surface area contributed by atoms with Gasteiger partial charge in [-0.2, -0.15) is 0 Å². The van der Waals surface area contributed by atoms with Gasteiger partial charge in [0.2, 0.25) is 5.88 Å². The quantitative estimate of drug-likeness (QED) is 0.937. The van der Waals surface area contributed by atoms with Crippen LogP contribution in [-0.4, -0.2) is 18.7 Å². The van der Waals surface area contributed by atoms with Gasteiger partial charge in [-0.1, -0.05) is 24.3 Å². The first-order valence-corrected chi connectivity index (χ1v) is 7.26. The number of pyridine rings is 1. The van der Waals surface area contributed by atoms with Crippen LogP contribution in [0, 0.1) is 0 Å². The molecular weight excluding hydrogens is 264 g/mol. The monoisotopic (exact) mass is 284 g/mol. The van der Waals surface area contributed by atoms with Crippen LogP contribution in [0.1, 0.15) is 35.9 Å². The summed E-state index contributed by atoms with van der Waals surface area (Å²) in [5.41, 5.74) is 8.61. The number of benzene rings is 1. The first-order chi connectivity index (χ1) is 10.3. The first-order valence-electron chi connectivity index (χ1n) is 7.26. The van der Waals surface area contributed by atoms with E-state index >= 15 is 0 Å². The zero-order valence-corrected chi connectivity index (χ0v) is 12.2. The first kappa shape index (κ1) is 13.9. The minimum absolute atomic E-state index is 0.0928. The molecule has 0 bridgehead atoms. The summed E-state index contributed by atoms with van der Waals surface area (Å²) in [4.78, 5) is 4.23. The summed E-state index contributed by atoms with van der Waals surface area (Å²) >= 11 is 0. The molecule has 3 rings (SSSR count). The molecule has 1 aliphatic rings. The Kier molecular flexibility index (Phi) is 4.06. The highest BCUT2D eigenvalue weighted by Crippen LogP contribution is 2.39. The average Bonchev–Trinajstić information content (AvgIpc) is 2.55. The molecule has 110 valence electrons. The van der Waals surface area contributed by atoms with Crippen LogP contribution in [0.3, 0.4) is 0 Å². The van der Waals surface area contributed by atoms with Crippen molar-refractivity contribution in [2.75, 3.05) is 13.7 Å². The van der Waals surface area contributed by atoms with E-state index in [-0.39, 0.29) is 6.04 Å². The largest absolute Gasteiger partial charge is 0.493 e. The van der Waals surface area contributed by atoms with Crippen molar-refractivity contribution in [2.24, 2.45) is 5.73 Å². The number of methoxy groups -OCH3 is 1. The topological polar surface area (TPSA) is 57.4 Å². The number of aromatic nitrogens is 1. The maximum absolute atomic E-state index is 6.40. The highest BCUT2D eigenvalue weighted by Gasteiger charge is 2.24. The molecular formula is C17H20N2O2. The van der Waals surface area contributed by atoms with Gasteiger partial charge in [0.05, 0.1) is 13.7 Å². The molecule has 2 aromatic rings. The molecule has 0 saturated heterocycles. The predicted molar refractivity (Wildman–Crippen MR) is 81.6 cm³/mol. The lowest BCUT2D eigenvalue weighted by Gasteiger charge is -2.28. The number of nitrogens with zero attached hydrogens (tertiary/aromatic N) is 1. The van der Waals surface area contributed by atoms with Gasteiger partial charge in [-0.05, 0) is 36.5 Å². The van der Waals surface area contributed by atoms with E-state index in [1.165, 1.54) is 5.56 Å². The van der Waals surface area contributed by atoms with Crippen LogP contribution in [0.15, 0.2) is 42.6 Å². The number of hydrogen-bond donors (Lipinski definition) is 1. The summed E-state index contributed by atoms with van der Waals surface area (Å²) in [6.45, 7) is 0.749. The minimum Gasteiger partial charge on any atom is -0.493 e. The third-order valence-electron chi connectivity index (χ3n) is 4.01. The predicted octanol–water partition coefficient (Wildman–Crippen LogP) is 3.05. The smallest absolute Gasteiger partial charge is 0.217 e. The van der Waals surface area contributed by atoms with Crippen molar-refractivity contribution >= 4 is 0 Å². The zero-order chi connectivity index (χ0) is 14.7. The SMILES string of the molecule is COc1ncccc1C(N)CC1CCOc2ccccc21. The van der Waals surface area contributed by atoms with Gasteiger partial charge in [-0.3, -0.25) is 0 Å². The standard InChI is InChI=1S/C17H20N2O2/c1-20-17-14(6-4-9-19-17)15(18)11-12-8-10-21-16-7-3-2-5-13(12)16/h2-7,9,12,15H,8,10-11,18H2,1H3. The molecule has 0 fully saturated rings. The van der Waals surface area contributed by atoms with Gasteiger partial charge in [0.1, 0.15) is 5.75 Å². The van der Waals surface area contributed by atoms with Crippen LogP contribution in [0.4, 0.5) is 0 Å². The summed E-state index contributed by atoms with van der Waals surface area (Å²) in [6, 6.07) is 12.0. The van der Waals surface area contributed by atoms with E-state index in [1.54, 1.807) is 13.3 Å². The Bertz CT molecular complexity index is 615. The fourth-order valence-corrected chi connectivity index (χ4v) is 2.95.